The van der Waals surface area contributed by atoms with Crippen molar-refractivity contribution in [1.29, 1.82) is 0 Å². The zero-order valence-corrected chi connectivity index (χ0v) is 14.7. The van der Waals surface area contributed by atoms with E-state index < -0.39 is 5.97 Å². The number of imidazole rings is 1. The Kier molecular flexibility index (Phi) is 5.96. The predicted molar refractivity (Wildman–Crippen MR) is 96.9 cm³/mol. The highest BCUT2D eigenvalue weighted by Gasteiger charge is 2.10. The minimum absolute atomic E-state index is 0.316. The fourth-order valence-electron chi connectivity index (χ4n) is 2.62. The van der Waals surface area contributed by atoms with Gasteiger partial charge in [-0.25, -0.2) is 9.78 Å². The minimum atomic E-state index is -0.894. The number of carbonyl (C=O) groups is 1. The van der Waals surface area contributed by atoms with Crippen molar-refractivity contribution in [2.24, 2.45) is 5.41 Å². The molecule has 0 fully saturated rings. The number of carboxylic acid groups (broad SMARTS) is 1. The van der Waals surface area contributed by atoms with Gasteiger partial charge in [0.2, 0.25) is 0 Å². The van der Waals surface area contributed by atoms with E-state index in [2.05, 4.69) is 36.4 Å². The fourth-order valence-corrected chi connectivity index (χ4v) is 2.62. The van der Waals surface area contributed by atoms with Crippen LogP contribution < -0.4 is 0 Å². The molecule has 0 saturated carbocycles. The molecule has 4 nitrogen and oxygen atoms in total. The van der Waals surface area contributed by atoms with Gasteiger partial charge in [-0.15, -0.1) is 0 Å². The quantitative estimate of drug-likeness (QED) is 0.789. The van der Waals surface area contributed by atoms with Crippen LogP contribution in [0.25, 0.3) is 6.08 Å². The van der Waals surface area contributed by atoms with Gasteiger partial charge in [0.15, 0.2) is 0 Å². The predicted octanol–water partition coefficient (Wildman–Crippen LogP) is 4.88. The molecule has 0 radical (unpaired) electrons. The fraction of sp³-hybridized carbons (Fsp3) is 0.400. The van der Waals surface area contributed by atoms with Crippen molar-refractivity contribution in [3.63, 3.8) is 0 Å². The van der Waals surface area contributed by atoms with Crippen molar-refractivity contribution in [1.82, 2.24) is 9.55 Å². The standard InChI is InChI=1S/C20H26N2O2/c1-20(2,3)10-4-5-17(14-22-12-11-21-15-22)13-16-6-8-18(9-7-16)19(23)24/h6-9,11-13,15H,4-5,10,14H2,1-3H3,(H,23,24)/b17-13+. The maximum atomic E-state index is 11.0. The molecule has 0 aliphatic heterocycles. The number of aromatic carboxylic acids is 1. The summed E-state index contributed by atoms with van der Waals surface area (Å²) in [6, 6.07) is 7.03. The molecule has 128 valence electrons. The molecule has 0 atom stereocenters. The second-order valence-electron chi connectivity index (χ2n) is 7.38. The molecule has 1 aromatic heterocycles. The molecule has 0 bridgehead atoms. The Labute approximate surface area is 143 Å². The van der Waals surface area contributed by atoms with E-state index >= 15 is 0 Å². The van der Waals surface area contributed by atoms with E-state index in [-0.39, 0.29) is 0 Å². The lowest BCUT2D eigenvalue weighted by Gasteiger charge is -2.18. The first kappa shape index (κ1) is 18.0. The Morgan fingerprint density at radius 1 is 1.25 bits per heavy atom. The summed E-state index contributed by atoms with van der Waals surface area (Å²) in [7, 11) is 0. The van der Waals surface area contributed by atoms with E-state index in [0.29, 0.717) is 11.0 Å². The van der Waals surface area contributed by atoms with E-state index in [1.165, 1.54) is 12.0 Å². The van der Waals surface area contributed by atoms with Crippen LogP contribution in [0, 0.1) is 5.41 Å². The zero-order chi connectivity index (χ0) is 17.6. The monoisotopic (exact) mass is 326 g/mol. The van der Waals surface area contributed by atoms with Gasteiger partial charge in [-0.1, -0.05) is 39.0 Å². The normalized spacial score (nSPS) is 12.4. The molecule has 0 aliphatic carbocycles. The summed E-state index contributed by atoms with van der Waals surface area (Å²) in [6.45, 7) is 7.59. The van der Waals surface area contributed by atoms with Crippen LogP contribution in [0.2, 0.25) is 0 Å². The summed E-state index contributed by atoms with van der Waals surface area (Å²) < 4.78 is 2.06. The number of nitrogens with zero attached hydrogens (tertiary/aromatic N) is 2. The van der Waals surface area contributed by atoms with Crippen LogP contribution in [-0.2, 0) is 6.54 Å². The van der Waals surface area contributed by atoms with Crippen molar-refractivity contribution in [2.45, 2.75) is 46.6 Å². The topological polar surface area (TPSA) is 55.1 Å². The first-order valence-electron chi connectivity index (χ1n) is 8.32. The number of carboxylic acids is 1. The molecular weight excluding hydrogens is 300 g/mol. The average molecular weight is 326 g/mol. The van der Waals surface area contributed by atoms with E-state index in [1.807, 2.05) is 24.7 Å². The lowest BCUT2D eigenvalue weighted by molar-refractivity contribution is 0.0697. The third-order valence-electron chi connectivity index (χ3n) is 3.90. The molecule has 0 unspecified atom stereocenters. The Bertz CT molecular complexity index is 677. The lowest BCUT2D eigenvalue weighted by atomic mass is 9.88. The highest BCUT2D eigenvalue weighted by atomic mass is 16.4. The van der Waals surface area contributed by atoms with Gasteiger partial charge in [0.1, 0.15) is 0 Å². The highest BCUT2D eigenvalue weighted by molar-refractivity contribution is 5.87. The third-order valence-corrected chi connectivity index (χ3v) is 3.90. The first-order valence-corrected chi connectivity index (χ1v) is 8.32. The Morgan fingerprint density at radius 2 is 1.96 bits per heavy atom. The first-order chi connectivity index (χ1) is 11.3. The van der Waals surface area contributed by atoms with Crippen molar-refractivity contribution < 1.29 is 9.90 Å². The van der Waals surface area contributed by atoms with Gasteiger partial charge in [0.25, 0.3) is 0 Å². The van der Waals surface area contributed by atoms with E-state index in [1.54, 1.807) is 18.3 Å². The van der Waals surface area contributed by atoms with Crippen molar-refractivity contribution in [3.8, 4) is 0 Å². The van der Waals surface area contributed by atoms with Gasteiger partial charge in [0, 0.05) is 18.9 Å². The molecule has 0 saturated heterocycles. The van der Waals surface area contributed by atoms with Crippen molar-refractivity contribution >= 4 is 12.0 Å². The van der Waals surface area contributed by atoms with Crippen molar-refractivity contribution in [3.05, 3.63) is 59.7 Å². The lowest BCUT2D eigenvalue weighted by Crippen LogP contribution is -2.05. The van der Waals surface area contributed by atoms with Crippen LogP contribution in [0.3, 0.4) is 0 Å². The number of hydrogen-bond donors (Lipinski definition) is 1. The number of aromatic nitrogens is 2. The van der Waals surface area contributed by atoms with Gasteiger partial charge in [-0.05, 0) is 47.9 Å². The summed E-state index contributed by atoms with van der Waals surface area (Å²) >= 11 is 0. The Balaban J connectivity index is 2.12. The number of benzene rings is 1. The van der Waals surface area contributed by atoms with E-state index in [9.17, 15) is 4.79 Å². The molecule has 0 amide bonds. The average Bonchev–Trinajstić information content (AvgIpc) is 2.99. The highest BCUT2D eigenvalue weighted by Crippen LogP contribution is 2.24. The molecular formula is C20H26N2O2. The minimum Gasteiger partial charge on any atom is -0.478 e. The molecule has 24 heavy (non-hydrogen) atoms. The van der Waals surface area contributed by atoms with Gasteiger partial charge in [-0.2, -0.15) is 0 Å². The number of rotatable bonds is 7. The smallest absolute Gasteiger partial charge is 0.335 e. The molecule has 2 rings (SSSR count). The molecule has 1 heterocycles. The van der Waals surface area contributed by atoms with Gasteiger partial charge < -0.3 is 9.67 Å². The second-order valence-corrected chi connectivity index (χ2v) is 7.38. The molecule has 1 aromatic carbocycles. The van der Waals surface area contributed by atoms with Gasteiger partial charge in [0.05, 0.1) is 11.9 Å². The largest absolute Gasteiger partial charge is 0.478 e. The summed E-state index contributed by atoms with van der Waals surface area (Å²) in [5.74, 6) is -0.894. The van der Waals surface area contributed by atoms with E-state index in [0.717, 1.165) is 24.9 Å². The van der Waals surface area contributed by atoms with Crippen LogP contribution >= 0.6 is 0 Å². The summed E-state index contributed by atoms with van der Waals surface area (Å²) in [4.78, 5) is 15.1. The molecule has 2 aromatic rings. The Morgan fingerprint density at radius 3 is 2.50 bits per heavy atom. The number of allylic oxidation sites excluding steroid dienone is 1. The SMILES string of the molecule is CC(C)(C)CCC/C(=C\c1ccc(C(=O)O)cc1)Cn1ccnc1. The van der Waals surface area contributed by atoms with Crippen LogP contribution in [0.4, 0.5) is 0 Å². The summed E-state index contributed by atoms with van der Waals surface area (Å²) in [6.07, 6.45) is 11.1. The van der Waals surface area contributed by atoms with Crippen LogP contribution in [0.5, 0.6) is 0 Å². The molecule has 0 aliphatic rings. The maximum absolute atomic E-state index is 11.0. The molecule has 1 N–H and O–H groups in total. The van der Waals surface area contributed by atoms with Crippen LogP contribution in [0.15, 0.2) is 48.6 Å². The van der Waals surface area contributed by atoms with Crippen LogP contribution in [0.1, 0.15) is 56.0 Å². The Hall–Kier alpha value is -2.36. The third kappa shape index (κ3) is 6.03. The van der Waals surface area contributed by atoms with E-state index in [4.69, 9.17) is 5.11 Å². The van der Waals surface area contributed by atoms with Crippen LogP contribution in [-0.4, -0.2) is 20.6 Å². The summed E-state index contributed by atoms with van der Waals surface area (Å²) in [5, 5.41) is 9.00. The second kappa shape index (κ2) is 7.95. The summed E-state index contributed by atoms with van der Waals surface area (Å²) in [5.41, 5.74) is 3.01. The zero-order valence-electron chi connectivity index (χ0n) is 14.7. The van der Waals surface area contributed by atoms with Gasteiger partial charge >= 0.3 is 5.97 Å². The van der Waals surface area contributed by atoms with Crippen molar-refractivity contribution in [2.75, 3.05) is 0 Å². The molecule has 4 heteroatoms. The van der Waals surface area contributed by atoms with Gasteiger partial charge in [-0.3, -0.25) is 0 Å². The number of hydrogen-bond acceptors (Lipinski definition) is 2. The maximum Gasteiger partial charge on any atom is 0.335 e. The molecule has 0 spiro atoms.